The first-order valence-electron chi connectivity index (χ1n) is 6.59. The number of benzene rings is 1. The normalized spacial score (nSPS) is 20.2. The minimum Gasteiger partial charge on any atom is -0.384 e. The van der Waals surface area contributed by atoms with Crippen molar-refractivity contribution >= 4 is 15.5 Å². The number of hydrogen-bond donors (Lipinski definition) is 1. The number of nitrogens with one attached hydrogen (secondary N) is 1. The van der Waals surface area contributed by atoms with Crippen LogP contribution in [-0.2, 0) is 14.6 Å². The van der Waals surface area contributed by atoms with Crippen molar-refractivity contribution in [2.75, 3.05) is 31.3 Å². The zero-order chi connectivity index (χ0) is 13.9. The van der Waals surface area contributed by atoms with Crippen molar-refractivity contribution in [1.29, 1.82) is 0 Å². The Kier molecular flexibility index (Phi) is 4.47. The second kappa shape index (κ2) is 5.92. The average Bonchev–Trinajstić information content (AvgIpc) is 2.37. The van der Waals surface area contributed by atoms with Gasteiger partial charge in [0, 0.05) is 25.1 Å². The van der Waals surface area contributed by atoms with Crippen LogP contribution in [0.3, 0.4) is 0 Å². The highest BCUT2D eigenvalue weighted by Gasteiger charge is 2.14. The minimum absolute atomic E-state index is 0.362. The Morgan fingerprint density at radius 2 is 2.21 bits per heavy atom. The first-order chi connectivity index (χ1) is 8.97. The van der Waals surface area contributed by atoms with Gasteiger partial charge in [-0.3, -0.25) is 0 Å². The van der Waals surface area contributed by atoms with Gasteiger partial charge in [-0.1, -0.05) is 6.07 Å². The Bertz CT molecular complexity index is 534. The van der Waals surface area contributed by atoms with Crippen LogP contribution in [0.2, 0.25) is 0 Å². The molecule has 1 fully saturated rings. The molecule has 0 amide bonds. The van der Waals surface area contributed by atoms with E-state index in [2.05, 4.69) is 5.32 Å². The van der Waals surface area contributed by atoms with E-state index in [4.69, 9.17) is 4.74 Å². The Morgan fingerprint density at radius 1 is 1.42 bits per heavy atom. The molecule has 19 heavy (non-hydrogen) atoms. The summed E-state index contributed by atoms with van der Waals surface area (Å²) >= 11 is 0. The van der Waals surface area contributed by atoms with Gasteiger partial charge in [0.25, 0.3) is 0 Å². The maximum atomic E-state index is 11.6. The van der Waals surface area contributed by atoms with Crippen LogP contribution >= 0.6 is 0 Å². The third-order valence-electron chi connectivity index (χ3n) is 3.47. The maximum absolute atomic E-state index is 11.6. The molecule has 1 unspecified atom stereocenters. The van der Waals surface area contributed by atoms with Crippen molar-refractivity contribution < 1.29 is 13.2 Å². The van der Waals surface area contributed by atoms with Crippen molar-refractivity contribution in [1.82, 2.24) is 0 Å². The van der Waals surface area contributed by atoms with Crippen LogP contribution in [0.5, 0.6) is 0 Å². The van der Waals surface area contributed by atoms with Crippen LogP contribution in [0.1, 0.15) is 18.4 Å². The van der Waals surface area contributed by atoms with Crippen molar-refractivity contribution in [2.45, 2.75) is 24.7 Å². The summed E-state index contributed by atoms with van der Waals surface area (Å²) in [7, 11) is -3.15. The SMILES string of the molecule is Cc1ccc(S(C)(=O)=O)cc1NCC1CCCOC1. The van der Waals surface area contributed by atoms with E-state index in [1.807, 2.05) is 13.0 Å². The van der Waals surface area contributed by atoms with E-state index in [-0.39, 0.29) is 0 Å². The number of sulfone groups is 1. The van der Waals surface area contributed by atoms with E-state index < -0.39 is 9.84 Å². The molecule has 1 N–H and O–H groups in total. The predicted octanol–water partition coefficient (Wildman–Crippen LogP) is 2.24. The summed E-state index contributed by atoms with van der Waals surface area (Å²) in [4.78, 5) is 0.362. The molecule has 0 aromatic heterocycles. The summed E-state index contributed by atoms with van der Waals surface area (Å²) in [6.07, 6.45) is 3.50. The number of anilines is 1. The Labute approximate surface area is 115 Å². The average molecular weight is 283 g/mol. The zero-order valence-electron chi connectivity index (χ0n) is 11.5. The molecule has 0 bridgehead atoms. The van der Waals surface area contributed by atoms with E-state index in [1.54, 1.807) is 12.1 Å². The molecule has 5 heteroatoms. The van der Waals surface area contributed by atoms with Crippen molar-refractivity contribution in [3.8, 4) is 0 Å². The first kappa shape index (κ1) is 14.3. The molecule has 0 radical (unpaired) electrons. The second-order valence-electron chi connectivity index (χ2n) is 5.21. The monoisotopic (exact) mass is 283 g/mol. The summed E-state index contributed by atoms with van der Waals surface area (Å²) in [5.41, 5.74) is 1.96. The fourth-order valence-electron chi connectivity index (χ4n) is 2.24. The molecule has 0 spiro atoms. The smallest absolute Gasteiger partial charge is 0.175 e. The lowest BCUT2D eigenvalue weighted by Crippen LogP contribution is -2.24. The lowest BCUT2D eigenvalue weighted by molar-refractivity contribution is 0.0595. The molecule has 106 valence electrons. The van der Waals surface area contributed by atoms with Gasteiger partial charge in [0.1, 0.15) is 0 Å². The Morgan fingerprint density at radius 3 is 2.84 bits per heavy atom. The number of ether oxygens (including phenoxy) is 1. The van der Waals surface area contributed by atoms with E-state index in [9.17, 15) is 8.42 Å². The molecule has 1 aliphatic rings. The van der Waals surface area contributed by atoms with Gasteiger partial charge in [-0.15, -0.1) is 0 Å². The molecule has 1 aromatic carbocycles. The van der Waals surface area contributed by atoms with Crippen LogP contribution in [0, 0.1) is 12.8 Å². The quantitative estimate of drug-likeness (QED) is 0.920. The van der Waals surface area contributed by atoms with Crippen LogP contribution in [0.4, 0.5) is 5.69 Å². The highest BCUT2D eigenvalue weighted by Crippen LogP contribution is 2.21. The number of rotatable bonds is 4. The molecule has 1 aromatic rings. The molecule has 1 atom stereocenters. The van der Waals surface area contributed by atoms with E-state index >= 15 is 0 Å². The molecule has 0 aliphatic carbocycles. The fraction of sp³-hybridized carbons (Fsp3) is 0.571. The summed E-state index contributed by atoms with van der Waals surface area (Å²) in [6, 6.07) is 5.21. The fourth-order valence-corrected chi connectivity index (χ4v) is 2.89. The van der Waals surface area contributed by atoms with Crippen molar-refractivity contribution in [2.24, 2.45) is 5.92 Å². The van der Waals surface area contributed by atoms with Crippen LogP contribution in [0.25, 0.3) is 0 Å². The van der Waals surface area contributed by atoms with Gasteiger partial charge in [-0.25, -0.2) is 8.42 Å². The Balaban J connectivity index is 2.06. The van der Waals surface area contributed by atoms with Crippen LogP contribution < -0.4 is 5.32 Å². The summed E-state index contributed by atoms with van der Waals surface area (Å²) in [5.74, 6) is 0.509. The van der Waals surface area contributed by atoms with Gasteiger partial charge in [-0.05, 0) is 43.4 Å². The number of aryl methyl sites for hydroxylation is 1. The van der Waals surface area contributed by atoms with Gasteiger partial charge in [-0.2, -0.15) is 0 Å². The molecule has 1 heterocycles. The van der Waals surface area contributed by atoms with Crippen molar-refractivity contribution in [3.63, 3.8) is 0 Å². The van der Waals surface area contributed by atoms with Crippen molar-refractivity contribution in [3.05, 3.63) is 23.8 Å². The molecule has 1 saturated heterocycles. The van der Waals surface area contributed by atoms with E-state index in [0.717, 1.165) is 43.9 Å². The molecule has 0 saturated carbocycles. The topological polar surface area (TPSA) is 55.4 Å². The lowest BCUT2D eigenvalue weighted by Gasteiger charge is -2.23. The Hall–Kier alpha value is -1.07. The van der Waals surface area contributed by atoms with E-state index in [1.165, 1.54) is 6.26 Å². The molecule has 1 aliphatic heterocycles. The molecule has 2 rings (SSSR count). The van der Waals surface area contributed by atoms with Crippen LogP contribution in [0.15, 0.2) is 23.1 Å². The summed E-state index contributed by atoms with van der Waals surface area (Å²) < 4.78 is 28.6. The van der Waals surface area contributed by atoms with Gasteiger partial charge in [0.15, 0.2) is 9.84 Å². The molecular weight excluding hydrogens is 262 g/mol. The molecular formula is C14H21NO3S. The number of hydrogen-bond acceptors (Lipinski definition) is 4. The van der Waals surface area contributed by atoms with Crippen LogP contribution in [-0.4, -0.2) is 34.4 Å². The third kappa shape index (κ3) is 3.94. The standard InChI is InChI=1S/C14H21NO3S/c1-11-5-6-13(19(2,16)17)8-14(11)15-9-12-4-3-7-18-10-12/h5-6,8,12,15H,3-4,7,9-10H2,1-2H3. The zero-order valence-corrected chi connectivity index (χ0v) is 12.3. The van der Waals surface area contributed by atoms with Gasteiger partial charge in [0.2, 0.25) is 0 Å². The minimum atomic E-state index is -3.15. The largest absolute Gasteiger partial charge is 0.384 e. The summed E-state index contributed by atoms with van der Waals surface area (Å²) in [5, 5.41) is 3.35. The second-order valence-corrected chi connectivity index (χ2v) is 7.23. The highest BCUT2D eigenvalue weighted by molar-refractivity contribution is 7.90. The predicted molar refractivity (Wildman–Crippen MR) is 76.3 cm³/mol. The lowest BCUT2D eigenvalue weighted by atomic mass is 10.0. The first-order valence-corrected chi connectivity index (χ1v) is 8.48. The molecule has 4 nitrogen and oxygen atoms in total. The van der Waals surface area contributed by atoms with Gasteiger partial charge in [0.05, 0.1) is 11.5 Å². The summed E-state index contributed by atoms with van der Waals surface area (Å²) in [6.45, 7) is 4.46. The highest BCUT2D eigenvalue weighted by atomic mass is 32.2. The maximum Gasteiger partial charge on any atom is 0.175 e. The van der Waals surface area contributed by atoms with E-state index in [0.29, 0.717) is 10.8 Å². The third-order valence-corrected chi connectivity index (χ3v) is 4.58. The van der Waals surface area contributed by atoms with Gasteiger partial charge < -0.3 is 10.1 Å². The van der Waals surface area contributed by atoms with Gasteiger partial charge >= 0.3 is 0 Å².